The number of methoxy groups -OCH3 is 1. The number of ether oxygens (including phenoxy) is 2. The Kier molecular flexibility index (Phi) is 5.78. The molecule has 1 aromatic carbocycles. The Morgan fingerprint density at radius 3 is 2.41 bits per heavy atom. The summed E-state index contributed by atoms with van der Waals surface area (Å²) >= 11 is 6.46. The molecule has 0 saturated carbocycles. The molecule has 0 spiro atoms. The number of hydrogen-bond donors (Lipinski definition) is 0. The predicted octanol–water partition coefficient (Wildman–Crippen LogP) is 2.60. The Hall–Kier alpha value is -2.51. The minimum Gasteiger partial charge on any atom is -0.496 e. The van der Waals surface area contributed by atoms with Crippen molar-refractivity contribution in [1.82, 2.24) is 14.4 Å². The van der Waals surface area contributed by atoms with Gasteiger partial charge in [-0.1, -0.05) is 11.6 Å². The molecule has 2 aliphatic heterocycles. The van der Waals surface area contributed by atoms with E-state index in [1.165, 1.54) is 7.11 Å². The molecule has 2 fully saturated rings. The Balaban J connectivity index is 1.47. The van der Waals surface area contributed by atoms with E-state index in [1.807, 2.05) is 29.1 Å². The van der Waals surface area contributed by atoms with E-state index < -0.39 is 0 Å². The first-order chi connectivity index (χ1) is 14.1. The number of halogens is 1. The fraction of sp³-hybridized carbons (Fsp3) is 0.429. The van der Waals surface area contributed by atoms with Gasteiger partial charge < -0.3 is 23.8 Å². The Morgan fingerprint density at radius 2 is 1.79 bits per heavy atom. The van der Waals surface area contributed by atoms with Crippen molar-refractivity contribution in [2.24, 2.45) is 0 Å². The molecule has 2 amide bonds. The molecule has 3 heterocycles. The van der Waals surface area contributed by atoms with Crippen LogP contribution in [0.15, 0.2) is 36.7 Å². The number of carbonyl (C=O) groups is 2. The highest BCUT2D eigenvalue weighted by molar-refractivity contribution is 6.33. The van der Waals surface area contributed by atoms with E-state index in [4.69, 9.17) is 21.1 Å². The Labute approximate surface area is 174 Å². The van der Waals surface area contributed by atoms with Gasteiger partial charge in [0.2, 0.25) is 0 Å². The van der Waals surface area contributed by atoms with Gasteiger partial charge in [0, 0.05) is 51.2 Å². The van der Waals surface area contributed by atoms with Gasteiger partial charge in [0.1, 0.15) is 11.9 Å². The zero-order valence-corrected chi connectivity index (χ0v) is 17.1. The van der Waals surface area contributed by atoms with Crippen LogP contribution in [0.25, 0.3) is 5.69 Å². The lowest BCUT2D eigenvalue weighted by molar-refractivity contribution is -0.142. The van der Waals surface area contributed by atoms with Gasteiger partial charge in [-0.25, -0.2) is 0 Å². The molecule has 0 N–H and O–H groups in total. The molecule has 0 aliphatic carbocycles. The number of piperazine rings is 1. The standard InChI is InChI=1S/C21H24ClN3O4/c1-28-19-14-17(23-6-2-3-7-23)16(22)13-15(19)20(26)24-8-10-25(11-9-24)21(27)18-5-4-12-29-18/h2-3,6-7,13-14,18H,4-5,8-12H2,1H3. The Morgan fingerprint density at radius 1 is 1.10 bits per heavy atom. The van der Waals surface area contributed by atoms with Crippen molar-refractivity contribution >= 4 is 23.4 Å². The van der Waals surface area contributed by atoms with E-state index in [2.05, 4.69) is 0 Å². The van der Waals surface area contributed by atoms with Crippen molar-refractivity contribution in [2.45, 2.75) is 18.9 Å². The smallest absolute Gasteiger partial charge is 0.257 e. The number of rotatable bonds is 4. The van der Waals surface area contributed by atoms with Crippen LogP contribution in [0.2, 0.25) is 5.02 Å². The first-order valence-electron chi connectivity index (χ1n) is 9.79. The van der Waals surface area contributed by atoms with Gasteiger partial charge in [0.15, 0.2) is 0 Å². The fourth-order valence-corrected chi connectivity index (χ4v) is 4.11. The maximum Gasteiger partial charge on any atom is 0.257 e. The minimum atomic E-state index is -0.322. The lowest BCUT2D eigenvalue weighted by Crippen LogP contribution is -2.52. The van der Waals surface area contributed by atoms with Crippen molar-refractivity contribution < 1.29 is 19.1 Å². The molecule has 4 rings (SSSR count). The number of hydrogen-bond acceptors (Lipinski definition) is 4. The summed E-state index contributed by atoms with van der Waals surface area (Å²) < 4.78 is 12.8. The van der Waals surface area contributed by atoms with E-state index in [0.717, 1.165) is 18.5 Å². The van der Waals surface area contributed by atoms with Crippen molar-refractivity contribution in [3.8, 4) is 11.4 Å². The van der Waals surface area contributed by atoms with Gasteiger partial charge in [-0.3, -0.25) is 9.59 Å². The van der Waals surface area contributed by atoms with Crippen LogP contribution in [0.3, 0.4) is 0 Å². The third-order valence-corrected chi connectivity index (χ3v) is 5.77. The topological polar surface area (TPSA) is 64.0 Å². The van der Waals surface area contributed by atoms with Crippen LogP contribution in [-0.2, 0) is 9.53 Å². The second-order valence-electron chi connectivity index (χ2n) is 7.21. The fourth-order valence-electron chi connectivity index (χ4n) is 3.85. The third kappa shape index (κ3) is 3.97. The monoisotopic (exact) mass is 417 g/mol. The molecule has 154 valence electrons. The summed E-state index contributed by atoms with van der Waals surface area (Å²) in [6.45, 7) is 2.59. The van der Waals surface area contributed by atoms with Crippen LogP contribution in [-0.4, -0.2) is 72.2 Å². The van der Waals surface area contributed by atoms with Gasteiger partial charge >= 0.3 is 0 Å². The van der Waals surface area contributed by atoms with Gasteiger partial charge in [-0.15, -0.1) is 0 Å². The summed E-state index contributed by atoms with van der Waals surface area (Å²) in [6.07, 6.45) is 5.15. The highest BCUT2D eigenvalue weighted by Crippen LogP contribution is 2.31. The summed E-state index contributed by atoms with van der Waals surface area (Å²) in [5.74, 6) is 0.360. The maximum atomic E-state index is 13.1. The van der Waals surface area contributed by atoms with Crippen molar-refractivity contribution in [1.29, 1.82) is 0 Å². The first-order valence-corrected chi connectivity index (χ1v) is 10.2. The molecule has 2 aromatic rings. The van der Waals surface area contributed by atoms with E-state index in [0.29, 0.717) is 49.1 Å². The molecule has 2 saturated heterocycles. The lowest BCUT2D eigenvalue weighted by Gasteiger charge is -2.36. The van der Waals surface area contributed by atoms with Crippen molar-refractivity contribution in [3.63, 3.8) is 0 Å². The molecule has 2 aliphatic rings. The van der Waals surface area contributed by atoms with Crippen LogP contribution >= 0.6 is 11.6 Å². The lowest BCUT2D eigenvalue weighted by atomic mass is 10.1. The molecule has 1 aromatic heterocycles. The largest absolute Gasteiger partial charge is 0.496 e. The maximum absolute atomic E-state index is 13.1. The zero-order chi connectivity index (χ0) is 20.4. The van der Waals surface area contributed by atoms with E-state index >= 15 is 0 Å². The summed E-state index contributed by atoms with van der Waals surface area (Å²) in [4.78, 5) is 29.1. The second-order valence-corrected chi connectivity index (χ2v) is 7.62. The number of amides is 2. The minimum absolute atomic E-state index is 0.0336. The van der Waals surface area contributed by atoms with Crippen molar-refractivity contribution in [2.75, 3.05) is 39.9 Å². The molecular formula is C21H24ClN3O4. The number of nitrogens with zero attached hydrogens (tertiary/aromatic N) is 3. The predicted molar refractivity (Wildman–Crippen MR) is 109 cm³/mol. The summed E-state index contributed by atoms with van der Waals surface area (Å²) in [5, 5.41) is 0.470. The van der Waals surface area contributed by atoms with E-state index in [1.54, 1.807) is 21.9 Å². The van der Waals surface area contributed by atoms with Crippen LogP contribution in [0.4, 0.5) is 0 Å². The van der Waals surface area contributed by atoms with Gasteiger partial charge in [0.05, 0.1) is 23.4 Å². The first kappa shape index (κ1) is 19.8. The molecule has 0 bridgehead atoms. The molecular weight excluding hydrogens is 394 g/mol. The average Bonchev–Trinajstić information content (AvgIpc) is 3.47. The molecule has 1 unspecified atom stereocenters. The second kappa shape index (κ2) is 8.47. The summed E-state index contributed by atoms with van der Waals surface area (Å²) in [7, 11) is 1.54. The Bertz CT molecular complexity index is 886. The molecule has 1 atom stereocenters. The van der Waals surface area contributed by atoms with Gasteiger partial charge in [-0.05, 0) is 31.0 Å². The van der Waals surface area contributed by atoms with Crippen LogP contribution in [0.1, 0.15) is 23.2 Å². The van der Waals surface area contributed by atoms with E-state index in [9.17, 15) is 9.59 Å². The number of carbonyl (C=O) groups excluding carboxylic acids is 2. The van der Waals surface area contributed by atoms with Crippen LogP contribution in [0, 0.1) is 0 Å². The highest BCUT2D eigenvalue weighted by Gasteiger charge is 2.32. The number of benzene rings is 1. The summed E-state index contributed by atoms with van der Waals surface area (Å²) in [6, 6.07) is 7.23. The molecule has 8 heteroatoms. The summed E-state index contributed by atoms with van der Waals surface area (Å²) in [5.41, 5.74) is 1.17. The molecule has 29 heavy (non-hydrogen) atoms. The van der Waals surface area contributed by atoms with Crippen LogP contribution in [0.5, 0.6) is 5.75 Å². The number of aromatic nitrogens is 1. The highest BCUT2D eigenvalue weighted by atomic mass is 35.5. The average molecular weight is 418 g/mol. The van der Waals surface area contributed by atoms with Gasteiger partial charge in [-0.2, -0.15) is 0 Å². The van der Waals surface area contributed by atoms with Gasteiger partial charge in [0.25, 0.3) is 11.8 Å². The van der Waals surface area contributed by atoms with Crippen LogP contribution < -0.4 is 4.74 Å². The quantitative estimate of drug-likeness (QED) is 0.767. The zero-order valence-electron chi connectivity index (χ0n) is 16.3. The van der Waals surface area contributed by atoms with E-state index in [-0.39, 0.29) is 17.9 Å². The van der Waals surface area contributed by atoms with Crippen molar-refractivity contribution in [3.05, 3.63) is 47.2 Å². The third-order valence-electron chi connectivity index (χ3n) is 5.47. The SMILES string of the molecule is COc1cc(-n2cccc2)c(Cl)cc1C(=O)N1CCN(C(=O)C2CCCO2)CC1. The molecule has 0 radical (unpaired) electrons. The molecule has 7 nitrogen and oxygen atoms in total. The normalized spacial score (nSPS) is 19.4.